The van der Waals surface area contributed by atoms with Gasteiger partial charge in [-0.15, -0.1) is 11.3 Å². The fraction of sp³-hybridized carbons (Fsp3) is 0.353. The summed E-state index contributed by atoms with van der Waals surface area (Å²) >= 11 is 4.95. The van der Waals surface area contributed by atoms with Gasteiger partial charge < -0.3 is 10.0 Å². The van der Waals surface area contributed by atoms with Crippen LogP contribution in [0.1, 0.15) is 18.5 Å². The molecule has 0 radical (unpaired) electrons. The molecular weight excluding hydrogens is 392 g/mol. The van der Waals surface area contributed by atoms with Gasteiger partial charge in [-0.1, -0.05) is 28.1 Å². The van der Waals surface area contributed by atoms with Crippen LogP contribution in [0.3, 0.4) is 0 Å². The second-order valence-corrected chi connectivity index (χ2v) is 7.62. The van der Waals surface area contributed by atoms with E-state index in [1.807, 2.05) is 29.6 Å². The van der Waals surface area contributed by atoms with E-state index in [2.05, 4.69) is 20.9 Å². The first kappa shape index (κ1) is 17.1. The summed E-state index contributed by atoms with van der Waals surface area (Å²) in [6.07, 6.45) is 1.60. The maximum Gasteiger partial charge on any atom is 0.308 e. The molecule has 1 fully saturated rings. The summed E-state index contributed by atoms with van der Waals surface area (Å²) < 4.78 is 0.987. The number of halogens is 1. The van der Waals surface area contributed by atoms with Crippen LogP contribution in [0, 0.1) is 5.92 Å². The maximum absolute atomic E-state index is 12.4. The van der Waals surface area contributed by atoms with Gasteiger partial charge >= 0.3 is 5.97 Å². The predicted molar refractivity (Wildman–Crippen MR) is 95.9 cm³/mol. The Morgan fingerprint density at radius 2 is 2.25 bits per heavy atom. The number of amides is 1. The summed E-state index contributed by atoms with van der Waals surface area (Å²) in [5, 5.41) is 11.9. The highest BCUT2D eigenvalue weighted by Crippen LogP contribution is 2.26. The molecule has 0 bridgehead atoms. The zero-order valence-electron chi connectivity index (χ0n) is 12.9. The lowest BCUT2D eigenvalue weighted by Crippen LogP contribution is -2.43. The molecule has 0 aliphatic carbocycles. The molecule has 1 aliphatic heterocycles. The number of nitrogens with zero attached hydrogens (tertiary/aromatic N) is 2. The summed E-state index contributed by atoms with van der Waals surface area (Å²) in [6.45, 7) is 0.933. The Kier molecular flexibility index (Phi) is 5.30. The molecule has 1 aliphatic rings. The van der Waals surface area contributed by atoms with Gasteiger partial charge in [-0.25, -0.2) is 4.98 Å². The first-order valence-corrected chi connectivity index (χ1v) is 9.41. The highest BCUT2D eigenvalue weighted by atomic mass is 79.9. The third kappa shape index (κ3) is 4.02. The van der Waals surface area contributed by atoms with Gasteiger partial charge in [-0.3, -0.25) is 9.59 Å². The number of carbonyl (C=O) groups excluding carboxylic acids is 1. The highest BCUT2D eigenvalue weighted by Gasteiger charge is 2.28. The van der Waals surface area contributed by atoms with Gasteiger partial charge in [0.15, 0.2) is 0 Å². The molecule has 0 spiro atoms. The first-order chi connectivity index (χ1) is 11.5. The van der Waals surface area contributed by atoms with Crippen LogP contribution in [0.25, 0.3) is 10.6 Å². The largest absolute Gasteiger partial charge is 0.481 e. The van der Waals surface area contributed by atoms with E-state index in [0.717, 1.165) is 27.2 Å². The van der Waals surface area contributed by atoms with Crippen molar-refractivity contribution in [1.29, 1.82) is 0 Å². The molecule has 24 heavy (non-hydrogen) atoms. The van der Waals surface area contributed by atoms with Crippen LogP contribution in [0.2, 0.25) is 0 Å². The van der Waals surface area contributed by atoms with Crippen molar-refractivity contribution in [3.63, 3.8) is 0 Å². The molecule has 2 aromatic rings. The number of likely N-dealkylation sites (tertiary alicyclic amines) is 1. The number of aromatic nitrogens is 1. The first-order valence-electron chi connectivity index (χ1n) is 7.74. The van der Waals surface area contributed by atoms with Crippen molar-refractivity contribution in [1.82, 2.24) is 9.88 Å². The molecule has 1 aromatic heterocycles. The Morgan fingerprint density at radius 1 is 1.42 bits per heavy atom. The average molecular weight is 409 g/mol. The fourth-order valence-corrected chi connectivity index (χ4v) is 4.03. The predicted octanol–water partition coefficient (Wildman–Crippen LogP) is 3.44. The Balaban J connectivity index is 1.66. The standard InChI is InChI=1S/C17H17BrN2O3S/c18-13-5-1-3-11(7-13)16-19-14(10-24-16)8-15(21)20-6-2-4-12(9-20)17(22)23/h1,3,5,7,10,12H,2,4,6,8-9H2,(H,22,23)/t12-/m0/s1. The van der Waals surface area contributed by atoms with Crippen LogP contribution in [0.4, 0.5) is 0 Å². The van der Waals surface area contributed by atoms with E-state index < -0.39 is 11.9 Å². The summed E-state index contributed by atoms with van der Waals surface area (Å²) in [6, 6.07) is 7.88. The van der Waals surface area contributed by atoms with Gasteiger partial charge in [0.25, 0.3) is 0 Å². The molecule has 3 rings (SSSR count). The van der Waals surface area contributed by atoms with Gasteiger partial charge in [0.05, 0.1) is 18.0 Å². The summed E-state index contributed by atoms with van der Waals surface area (Å²) in [5.74, 6) is -1.32. The van der Waals surface area contributed by atoms with Gasteiger partial charge in [0.2, 0.25) is 5.91 Å². The molecule has 2 heterocycles. The van der Waals surface area contributed by atoms with Gasteiger partial charge in [0.1, 0.15) is 5.01 Å². The van der Waals surface area contributed by atoms with Crippen LogP contribution in [-0.2, 0) is 16.0 Å². The van der Waals surface area contributed by atoms with Crippen molar-refractivity contribution in [3.05, 3.63) is 39.8 Å². The summed E-state index contributed by atoms with van der Waals surface area (Å²) in [5.41, 5.74) is 1.74. The third-order valence-electron chi connectivity index (χ3n) is 4.08. The lowest BCUT2D eigenvalue weighted by molar-refractivity contribution is -0.145. The normalized spacial score (nSPS) is 17.7. The molecule has 0 saturated carbocycles. The van der Waals surface area contributed by atoms with Crippen LogP contribution in [-0.4, -0.2) is 40.0 Å². The fourth-order valence-electron chi connectivity index (χ4n) is 2.81. The second kappa shape index (κ2) is 7.44. The Hall–Kier alpha value is -1.73. The minimum Gasteiger partial charge on any atom is -0.481 e. The number of piperidine rings is 1. The van der Waals surface area contributed by atoms with E-state index in [9.17, 15) is 9.59 Å². The number of carboxylic acids is 1. The molecular formula is C17H17BrN2O3S. The Labute approximate surface area is 152 Å². The molecule has 1 aromatic carbocycles. The number of rotatable bonds is 4. The zero-order valence-corrected chi connectivity index (χ0v) is 15.3. The third-order valence-corrected chi connectivity index (χ3v) is 5.51. The second-order valence-electron chi connectivity index (χ2n) is 5.85. The topological polar surface area (TPSA) is 70.5 Å². The van der Waals surface area contributed by atoms with Gasteiger partial charge in [-0.05, 0) is 25.0 Å². The van der Waals surface area contributed by atoms with Crippen molar-refractivity contribution < 1.29 is 14.7 Å². The highest BCUT2D eigenvalue weighted by molar-refractivity contribution is 9.10. The summed E-state index contributed by atoms with van der Waals surface area (Å²) in [7, 11) is 0. The molecule has 1 amide bonds. The summed E-state index contributed by atoms with van der Waals surface area (Å²) in [4.78, 5) is 29.7. The van der Waals surface area contributed by atoms with Gasteiger partial charge in [0, 0.05) is 28.5 Å². The van der Waals surface area contributed by atoms with Crippen LogP contribution < -0.4 is 0 Å². The molecule has 5 nitrogen and oxygen atoms in total. The van der Waals surface area contributed by atoms with Crippen molar-refractivity contribution in [2.24, 2.45) is 5.92 Å². The zero-order chi connectivity index (χ0) is 17.1. The minimum atomic E-state index is -0.821. The van der Waals surface area contributed by atoms with Crippen molar-refractivity contribution in [3.8, 4) is 10.6 Å². The maximum atomic E-state index is 12.4. The van der Waals surface area contributed by atoms with E-state index in [1.165, 1.54) is 11.3 Å². The number of carboxylic acid groups (broad SMARTS) is 1. The monoisotopic (exact) mass is 408 g/mol. The molecule has 1 atom stereocenters. The van der Waals surface area contributed by atoms with Crippen molar-refractivity contribution >= 4 is 39.1 Å². The van der Waals surface area contributed by atoms with Crippen molar-refractivity contribution in [2.75, 3.05) is 13.1 Å². The van der Waals surface area contributed by atoms with Gasteiger partial charge in [-0.2, -0.15) is 0 Å². The molecule has 0 unspecified atom stereocenters. The molecule has 1 N–H and O–H groups in total. The number of thiazole rings is 1. The molecule has 1 saturated heterocycles. The number of benzene rings is 1. The Bertz CT molecular complexity index is 762. The van der Waals surface area contributed by atoms with Crippen LogP contribution in [0.5, 0.6) is 0 Å². The number of aliphatic carboxylic acids is 1. The lowest BCUT2D eigenvalue weighted by atomic mass is 9.98. The van der Waals surface area contributed by atoms with E-state index in [-0.39, 0.29) is 12.3 Å². The lowest BCUT2D eigenvalue weighted by Gasteiger charge is -2.30. The Morgan fingerprint density at radius 3 is 3.00 bits per heavy atom. The number of hydrogen-bond donors (Lipinski definition) is 1. The van der Waals surface area contributed by atoms with E-state index >= 15 is 0 Å². The van der Waals surface area contributed by atoms with Crippen LogP contribution >= 0.6 is 27.3 Å². The SMILES string of the molecule is O=C(O)[C@H]1CCCN(C(=O)Cc2csc(-c3cccc(Br)c3)n2)C1. The van der Waals surface area contributed by atoms with Crippen LogP contribution in [0.15, 0.2) is 34.1 Å². The average Bonchev–Trinajstić information content (AvgIpc) is 3.03. The smallest absolute Gasteiger partial charge is 0.308 e. The molecule has 7 heteroatoms. The quantitative estimate of drug-likeness (QED) is 0.840. The van der Waals surface area contributed by atoms with Crippen molar-refractivity contribution in [2.45, 2.75) is 19.3 Å². The van der Waals surface area contributed by atoms with E-state index in [0.29, 0.717) is 19.5 Å². The number of carbonyl (C=O) groups is 2. The minimum absolute atomic E-state index is 0.0490. The molecule has 126 valence electrons. The van der Waals surface area contributed by atoms with E-state index in [4.69, 9.17) is 5.11 Å². The number of hydrogen-bond acceptors (Lipinski definition) is 4. The van der Waals surface area contributed by atoms with E-state index in [1.54, 1.807) is 4.90 Å².